The Morgan fingerprint density at radius 2 is 1.11 bits per heavy atom. The standard InChI is InChI=1S/C36H26/c1-23-10-8-16-27-25(23)14-9-15-26(27)24-20-21-31-30-13-4-7-19-34(30)36(35(31)22-24)32-17-5-2-11-28(32)29-12-3-6-18-33(29)36/h2-9,11-23H,10H2,1H3. The number of allylic oxidation sites excluding steroid dienone is 1. The molecule has 0 N–H and O–H groups in total. The minimum Gasteiger partial charge on any atom is -0.0833 e. The highest BCUT2D eigenvalue weighted by molar-refractivity contribution is 5.96. The van der Waals surface area contributed by atoms with Crippen molar-refractivity contribution in [2.75, 3.05) is 0 Å². The van der Waals surface area contributed by atoms with Crippen molar-refractivity contribution < 1.29 is 0 Å². The quantitative estimate of drug-likeness (QED) is 0.230. The fraction of sp³-hybridized carbons (Fsp3) is 0.111. The number of benzene rings is 5. The molecule has 0 aromatic heterocycles. The summed E-state index contributed by atoms with van der Waals surface area (Å²) < 4.78 is 0. The Labute approximate surface area is 212 Å². The van der Waals surface area contributed by atoms with Gasteiger partial charge in [0.2, 0.25) is 0 Å². The van der Waals surface area contributed by atoms with E-state index in [2.05, 4.69) is 128 Å². The first kappa shape index (κ1) is 20.1. The van der Waals surface area contributed by atoms with Crippen LogP contribution in [-0.2, 0) is 5.41 Å². The van der Waals surface area contributed by atoms with Gasteiger partial charge in [-0.25, -0.2) is 0 Å². The smallest absolute Gasteiger partial charge is 0.0725 e. The Kier molecular flexibility index (Phi) is 4.00. The Balaban J connectivity index is 1.47. The molecule has 0 heterocycles. The van der Waals surface area contributed by atoms with E-state index in [1.807, 2.05) is 0 Å². The molecule has 0 bridgehead atoms. The first-order chi connectivity index (χ1) is 17.8. The molecule has 0 aliphatic heterocycles. The Hall–Kier alpha value is -4.16. The lowest BCUT2D eigenvalue weighted by Crippen LogP contribution is -2.25. The summed E-state index contributed by atoms with van der Waals surface area (Å²) in [6.45, 7) is 2.34. The second kappa shape index (κ2) is 7.18. The molecule has 0 heteroatoms. The third-order valence-corrected chi connectivity index (χ3v) is 8.75. The molecule has 0 saturated carbocycles. The zero-order valence-electron chi connectivity index (χ0n) is 20.3. The van der Waals surface area contributed by atoms with Crippen molar-refractivity contribution in [2.45, 2.75) is 24.7 Å². The van der Waals surface area contributed by atoms with Crippen LogP contribution in [0.5, 0.6) is 0 Å². The molecule has 0 nitrogen and oxygen atoms in total. The molecule has 36 heavy (non-hydrogen) atoms. The van der Waals surface area contributed by atoms with Crippen LogP contribution in [0.3, 0.4) is 0 Å². The summed E-state index contributed by atoms with van der Waals surface area (Å²) in [7, 11) is 0. The molecule has 0 radical (unpaired) electrons. The molecule has 1 spiro atoms. The average Bonchev–Trinajstić information content (AvgIpc) is 3.40. The molecule has 0 fully saturated rings. The van der Waals surface area contributed by atoms with Gasteiger partial charge in [-0.05, 0) is 85.2 Å². The third-order valence-electron chi connectivity index (χ3n) is 8.75. The van der Waals surface area contributed by atoms with E-state index in [9.17, 15) is 0 Å². The van der Waals surface area contributed by atoms with Gasteiger partial charge in [-0.15, -0.1) is 0 Å². The Morgan fingerprint density at radius 1 is 0.556 bits per heavy atom. The van der Waals surface area contributed by atoms with E-state index in [1.54, 1.807) is 0 Å². The summed E-state index contributed by atoms with van der Waals surface area (Å²) in [5.41, 5.74) is 16.2. The number of rotatable bonds is 1. The van der Waals surface area contributed by atoms with Gasteiger partial charge in [0.25, 0.3) is 0 Å². The van der Waals surface area contributed by atoms with Gasteiger partial charge in [-0.1, -0.05) is 122 Å². The average molecular weight is 459 g/mol. The summed E-state index contributed by atoms with van der Waals surface area (Å²) >= 11 is 0. The molecule has 3 aliphatic carbocycles. The Morgan fingerprint density at radius 3 is 1.75 bits per heavy atom. The van der Waals surface area contributed by atoms with Crippen molar-refractivity contribution in [1.29, 1.82) is 0 Å². The van der Waals surface area contributed by atoms with Crippen LogP contribution in [-0.4, -0.2) is 0 Å². The summed E-state index contributed by atoms with van der Waals surface area (Å²) in [5.74, 6) is 0.559. The first-order valence-corrected chi connectivity index (χ1v) is 13.0. The highest BCUT2D eigenvalue weighted by Gasteiger charge is 2.51. The van der Waals surface area contributed by atoms with Crippen LogP contribution >= 0.6 is 0 Å². The van der Waals surface area contributed by atoms with E-state index in [0.29, 0.717) is 5.92 Å². The predicted molar refractivity (Wildman–Crippen MR) is 150 cm³/mol. The second-order valence-corrected chi connectivity index (χ2v) is 10.5. The molecule has 8 rings (SSSR count). The van der Waals surface area contributed by atoms with Gasteiger partial charge < -0.3 is 0 Å². The van der Waals surface area contributed by atoms with Crippen LogP contribution in [0.1, 0.15) is 52.6 Å². The van der Waals surface area contributed by atoms with E-state index in [-0.39, 0.29) is 5.41 Å². The molecule has 0 saturated heterocycles. The van der Waals surface area contributed by atoms with Gasteiger partial charge >= 0.3 is 0 Å². The van der Waals surface area contributed by atoms with Crippen molar-refractivity contribution in [2.24, 2.45) is 0 Å². The molecule has 5 aromatic rings. The molecule has 1 unspecified atom stereocenters. The summed E-state index contributed by atoms with van der Waals surface area (Å²) in [6.07, 6.45) is 5.79. The van der Waals surface area contributed by atoms with Gasteiger partial charge in [-0.2, -0.15) is 0 Å². The number of hydrogen-bond donors (Lipinski definition) is 0. The molecule has 5 aromatic carbocycles. The van der Waals surface area contributed by atoms with Crippen LogP contribution in [0.15, 0.2) is 115 Å². The Bertz CT molecular complexity index is 1670. The van der Waals surface area contributed by atoms with Crippen molar-refractivity contribution in [1.82, 2.24) is 0 Å². The monoisotopic (exact) mass is 458 g/mol. The first-order valence-electron chi connectivity index (χ1n) is 13.0. The summed E-state index contributed by atoms with van der Waals surface area (Å²) in [4.78, 5) is 0. The van der Waals surface area contributed by atoms with E-state index >= 15 is 0 Å². The second-order valence-electron chi connectivity index (χ2n) is 10.5. The van der Waals surface area contributed by atoms with Gasteiger partial charge in [0.05, 0.1) is 5.41 Å². The van der Waals surface area contributed by atoms with E-state index in [4.69, 9.17) is 0 Å². The van der Waals surface area contributed by atoms with E-state index in [0.717, 1.165) is 6.42 Å². The molecule has 3 aliphatic rings. The number of hydrogen-bond acceptors (Lipinski definition) is 0. The van der Waals surface area contributed by atoms with Gasteiger partial charge in [-0.3, -0.25) is 0 Å². The van der Waals surface area contributed by atoms with Crippen molar-refractivity contribution in [3.05, 3.63) is 149 Å². The SMILES string of the molecule is CC1CC=Cc2c(-c3ccc4c(c3)C3(c5ccccc5-c5ccccc53)c3ccccc3-4)cccc21. The van der Waals surface area contributed by atoms with Gasteiger partial charge in [0.15, 0.2) is 0 Å². The van der Waals surface area contributed by atoms with E-state index < -0.39 is 0 Å². The predicted octanol–water partition coefficient (Wildman–Crippen LogP) is 9.22. The maximum Gasteiger partial charge on any atom is 0.0725 e. The van der Waals surface area contributed by atoms with Crippen molar-refractivity contribution >= 4 is 6.08 Å². The van der Waals surface area contributed by atoms with Crippen LogP contribution in [0.4, 0.5) is 0 Å². The molecule has 0 amide bonds. The largest absolute Gasteiger partial charge is 0.0833 e. The highest BCUT2D eigenvalue weighted by atomic mass is 14.5. The number of fused-ring (bicyclic) bond motifs is 11. The minimum atomic E-state index is -0.285. The molecular weight excluding hydrogens is 432 g/mol. The maximum absolute atomic E-state index is 2.50. The third kappa shape index (κ3) is 2.39. The van der Waals surface area contributed by atoms with E-state index in [1.165, 1.54) is 66.8 Å². The lowest BCUT2D eigenvalue weighted by atomic mass is 9.70. The van der Waals surface area contributed by atoms with Crippen LogP contribution in [0.25, 0.3) is 39.5 Å². The van der Waals surface area contributed by atoms with Gasteiger partial charge in [0, 0.05) is 0 Å². The zero-order chi connectivity index (χ0) is 23.9. The fourth-order valence-corrected chi connectivity index (χ4v) is 7.23. The summed E-state index contributed by atoms with van der Waals surface area (Å²) in [5, 5.41) is 0. The highest BCUT2D eigenvalue weighted by Crippen LogP contribution is 2.63. The summed E-state index contributed by atoms with van der Waals surface area (Å²) in [6, 6.07) is 41.2. The minimum absolute atomic E-state index is 0.285. The maximum atomic E-state index is 2.50. The van der Waals surface area contributed by atoms with Crippen molar-refractivity contribution in [3.63, 3.8) is 0 Å². The molecule has 170 valence electrons. The normalized spacial score (nSPS) is 17.3. The van der Waals surface area contributed by atoms with Crippen LogP contribution in [0.2, 0.25) is 0 Å². The lowest BCUT2D eigenvalue weighted by molar-refractivity contribution is 0.772. The fourth-order valence-electron chi connectivity index (χ4n) is 7.23. The molecule has 1 atom stereocenters. The lowest BCUT2D eigenvalue weighted by Gasteiger charge is -2.31. The van der Waals surface area contributed by atoms with Gasteiger partial charge in [0.1, 0.15) is 0 Å². The molecular formula is C36H26. The van der Waals surface area contributed by atoms with Crippen LogP contribution in [0, 0.1) is 0 Å². The topological polar surface area (TPSA) is 0 Å². The zero-order valence-corrected chi connectivity index (χ0v) is 20.3. The van der Waals surface area contributed by atoms with Crippen LogP contribution < -0.4 is 0 Å². The van der Waals surface area contributed by atoms with Crippen molar-refractivity contribution in [3.8, 4) is 33.4 Å².